The van der Waals surface area contributed by atoms with Crippen molar-refractivity contribution in [1.82, 2.24) is 4.90 Å². The van der Waals surface area contributed by atoms with Crippen molar-refractivity contribution in [3.63, 3.8) is 0 Å². The Morgan fingerprint density at radius 1 is 1.16 bits per heavy atom. The van der Waals surface area contributed by atoms with Gasteiger partial charge < -0.3 is 0 Å². The van der Waals surface area contributed by atoms with Gasteiger partial charge in [0, 0.05) is 6.04 Å². The molecule has 0 radical (unpaired) electrons. The van der Waals surface area contributed by atoms with Crippen LogP contribution in [0.5, 0.6) is 0 Å². The van der Waals surface area contributed by atoms with E-state index in [1.54, 1.807) is 0 Å². The monoisotopic (exact) mass is 262 g/mol. The van der Waals surface area contributed by atoms with E-state index < -0.39 is 0 Å². The molecule has 3 atom stereocenters. The van der Waals surface area contributed by atoms with Gasteiger partial charge >= 0.3 is 0 Å². The SMILES string of the molecule is CCC1CCC(C#N)C(N2CCC(C(C)C)CC2)C1. The lowest BCUT2D eigenvalue weighted by Crippen LogP contribution is -2.48. The van der Waals surface area contributed by atoms with Crippen molar-refractivity contribution in [2.24, 2.45) is 23.7 Å². The number of nitrogens with zero attached hydrogens (tertiary/aromatic N) is 2. The summed E-state index contributed by atoms with van der Waals surface area (Å²) < 4.78 is 0. The van der Waals surface area contributed by atoms with Crippen LogP contribution in [0.2, 0.25) is 0 Å². The van der Waals surface area contributed by atoms with E-state index in [9.17, 15) is 5.26 Å². The van der Waals surface area contributed by atoms with Gasteiger partial charge in [-0.3, -0.25) is 4.90 Å². The third-order valence-corrected chi connectivity index (χ3v) is 5.65. The topological polar surface area (TPSA) is 27.0 Å². The summed E-state index contributed by atoms with van der Waals surface area (Å²) in [6.07, 6.45) is 7.63. The van der Waals surface area contributed by atoms with Crippen molar-refractivity contribution < 1.29 is 0 Å². The number of nitriles is 1. The summed E-state index contributed by atoms with van der Waals surface area (Å²) in [7, 11) is 0. The van der Waals surface area contributed by atoms with Crippen LogP contribution in [0.1, 0.15) is 59.3 Å². The van der Waals surface area contributed by atoms with E-state index >= 15 is 0 Å². The number of hydrogen-bond donors (Lipinski definition) is 0. The largest absolute Gasteiger partial charge is 0.299 e. The van der Waals surface area contributed by atoms with Gasteiger partial charge in [-0.25, -0.2) is 0 Å². The maximum Gasteiger partial charge on any atom is 0.0672 e. The average Bonchev–Trinajstić information content (AvgIpc) is 2.46. The highest BCUT2D eigenvalue weighted by Gasteiger charge is 2.35. The van der Waals surface area contributed by atoms with E-state index in [0.717, 1.165) is 24.2 Å². The molecule has 1 saturated carbocycles. The maximum atomic E-state index is 9.41. The molecule has 0 amide bonds. The molecule has 19 heavy (non-hydrogen) atoms. The normalized spacial score (nSPS) is 34.4. The third-order valence-electron chi connectivity index (χ3n) is 5.65. The Morgan fingerprint density at radius 3 is 2.37 bits per heavy atom. The Kier molecular flexibility index (Phi) is 5.28. The first-order valence-corrected chi connectivity index (χ1v) is 8.29. The van der Waals surface area contributed by atoms with Crippen LogP contribution in [0, 0.1) is 35.0 Å². The van der Waals surface area contributed by atoms with Gasteiger partial charge in [-0.2, -0.15) is 5.26 Å². The summed E-state index contributed by atoms with van der Waals surface area (Å²) >= 11 is 0. The molecule has 0 aromatic rings. The van der Waals surface area contributed by atoms with Crippen molar-refractivity contribution >= 4 is 0 Å². The molecule has 0 aromatic heterocycles. The predicted molar refractivity (Wildman–Crippen MR) is 79.7 cm³/mol. The fourth-order valence-electron chi connectivity index (χ4n) is 4.07. The van der Waals surface area contributed by atoms with Crippen LogP contribution in [0.25, 0.3) is 0 Å². The number of piperidine rings is 1. The molecule has 108 valence electrons. The summed E-state index contributed by atoms with van der Waals surface area (Å²) in [6, 6.07) is 3.14. The molecule has 0 aromatic carbocycles. The van der Waals surface area contributed by atoms with E-state index in [1.807, 2.05) is 0 Å². The van der Waals surface area contributed by atoms with Crippen LogP contribution < -0.4 is 0 Å². The van der Waals surface area contributed by atoms with Crippen molar-refractivity contribution in [2.75, 3.05) is 13.1 Å². The molecule has 0 N–H and O–H groups in total. The molecule has 1 saturated heterocycles. The minimum Gasteiger partial charge on any atom is -0.299 e. The summed E-state index contributed by atoms with van der Waals surface area (Å²) in [5, 5.41) is 9.41. The fourth-order valence-corrected chi connectivity index (χ4v) is 4.07. The zero-order valence-corrected chi connectivity index (χ0v) is 12.9. The number of rotatable bonds is 3. The van der Waals surface area contributed by atoms with Crippen LogP contribution in [0.3, 0.4) is 0 Å². The molecule has 2 heteroatoms. The second-order valence-electron chi connectivity index (χ2n) is 7.01. The first kappa shape index (κ1) is 14.9. The lowest BCUT2D eigenvalue weighted by molar-refractivity contribution is 0.0582. The van der Waals surface area contributed by atoms with Gasteiger partial charge in [0.2, 0.25) is 0 Å². The average molecular weight is 262 g/mol. The molecule has 1 aliphatic heterocycles. The smallest absolute Gasteiger partial charge is 0.0672 e. The predicted octanol–water partition coefficient (Wildman–Crippen LogP) is 4.07. The van der Waals surface area contributed by atoms with Crippen LogP contribution in [0.4, 0.5) is 0 Å². The molecule has 3 unspecified atom stereocenters. The first-order valence-electron chi connectivity index (χ1n) is 8.29. The van der Waals surface area contributed by atoms with Crippen LogP contribution in [0.15, 0.2) is 0 Å². The minimum absolute atomic E-state index is 0.290. The summed E-state index contributed by atoms with van der Waals surface area (Å²) in [5.41, 5.74) is 0. The van der Waals surface area contributed by atoms with Crippen molar-refractivity contribution in [2.45, 2.75) is 65.3 Å². The third kappa shape index (κ3) is 3.51. The van der Waals surface area contributed by atoms with E-state index in [-0.39, 0.29) is 0 Å². The number of likely N-dealkylation sites (tertiary alicyclic amines) is 1. The Balaban J connectivity index is 1.94. The summed E-state index contributed by atoms with van der Waals surface area (Å²) in [4.78, 5) is 2.65. The zero-order valence-electron chi connectivity index (χ0n) is 12.9. The zero-order chi connectivity index (χ0) is 13.8. The van der Waals surface area contributed by atoms with Gasteiger partial charge in [0.15, 0.2) is 0 Å². The van der Waals surface area contributed by atoms with Crippen LogP contribution in [-0.2, 0) is 0 Å². The Labute approximate surface area is 119 Å². The van der Waals surface area contributed by atoms with Crippen molar-refractivity contribution in [3.05, 3.63) is 0 Å². The van der Waals surface area contributed by atoms with Crippen LogP contribution >= 0.6 is 0 Å². The molecular weight excluding hydrogens is 232 g/mol. The van der Waals surface area contributed by atoms with Gasteiger partial charge in [0.25, 0.3) is 0 Å². The highest BCUT2D eigenvalue weighted by molar-refractivity contribution is 4.98. The van der Waals surface area contributed by atoms with E-state index in [4.69, 9.17) is 0 Å². The van der Waals surface area contributed by atoms with Gasteiger partial charge in [0.1, 0.15) is 0 Å². The highest BCUT2D eigenvalue weighted by atomic mass is 15.2. The Morgan fingerprint density at radius 2 is 1.84 bits per heavy atom. The van der Waals surface area contributed by atoms with Crippen molar-refractivity contribution in [3.8, 4) is 6.07 Å². The quantitative estimate of drug-likeness (QED) is 0.766. The second-order valence-corrected chi connectivity index (χ2v) is 7.01. The van der Waals surface area contributed by atoms with Gasteiger partial charge in [-0.1, -0.05) is 27.2 Å². The van der Waals surface area contributed by atoms with E-state index in [0.29, 0.717) is 12.0 Å². The lowest BCUT2D eigenvalue weighted by atomic mass is 9.76. The molecule has 0 bridgehead atoms. The fraction of sp³-hybridized carbons (Fsp3) is 0.941. The molecule has 2 nitrogen and oxygen atoms in total. The molecule has 2 aliphatic rings. The van der Waals surface area contributed by atoms with Gasteiger partial charge in [0.05, 0.1) is 12.0 Å². The Hall–Kier alpha value is -0.550. The summed E-state index contributed by atoms with van der Waals surface area (Å²) in [6.45, 7) is 9.46. The first-order chi connectivity index (χ1) is 9.15. The second kappa shape index (κ2) is 6.75. The molecule has 1 aliphatic carbocycles. The number of hydrogen-bond acceptors (Lipinski definition) is 2. The van der Waals surface area contributed by atoms with E-state index in [1.165, 1.54) is 45.2 Å². The maximum absolute atomic E-state index is 9.41. The van der Waals surface area contributed by atoms with E-state index in [2.05, 4.69) is 31.7 Å². The highest BCUT2D eigenvalue weighted by Crippen LogP contribution is 2.36. The Bertz CT molecular complexity index is 310. The molecule has 2 fully saturated rings. The molecule has 0 spiro atoms. The summed E-state index contributed by atoms with van der Waals surface area (Å²) in [5.74, 6) is 2.88. The van der Waals surface area contributed by atoms with Gasteiger partial charge in [-0.15, -0.1) is 0 Å². The van der Waals surface area contributed by atoms with Crippen LogP contribution in [-0.4, -0.2) is 24.0 Å². The molecular formula is C17H30N2. The lowest BCUT2D eigenvalue weighted by Gasteiger charge is -2.44. The van der Waals surface area contributed by atoms with Crippen molar-refractivity contribution in [1.29, 1.82) is 5.26 Å². The van der Waals surface area contributed by atoms with Gasteiger partial charge in [-0.05, 0) is 62.9 Å². The molecule has 1 heterocycles. The molecule has 2 rings (SSSR count). The standard InChI is InChI=1S/C17H30N2/c1-4-14-5-6-16(12-18)17(11-14)19-9-7-15(8-10-19)13(2)3/h13-17H,4-11H2,1-3H3. The minimum atomic E-state index is 0.290.